The zero-order valence-electron chi connectivity index (χ0n) is 23.2. The van der Waals surface area contributed by atoms with Crippen LogP contribution in [0.15, 0.2) is 128 Å². The largest absolute Gasteiger partial charge is 0.457 e. The summed E-state index contributed by atoms with van der Waals surface area (Å²) in [4.78, 5) is 9.90. The van der Waals surface area contributed by atoms with E-state index in [9.17, 15) is 0 Å². The van der Waals surface area contributed by atoms with Gasteiger partial charge in [-0.3, -0.25) is 4.57 Å². The van der Waals surface area contributed by atoms with Gasteiger partial charge in [0.2, 0.25) is 0 Å². The number of para-hydroxylation sites is 3. The Kier molecular flexibility index (Phi) is 5.21. The van der Waals surface area contributed by atoms with Crippen molar-refractivity contribution in [2.45, 2.75) is 0 Å². The number of rotatable bonds is 4. The Labute approximate surface area is 250 Å². The molecule has 0 amide bonds. The molecule has 204 valence electrons. The molecule has 0 saturated heterocycles. The van der Waals surface area contributed by atoms with Crippen LogP contribution < -0.4 is 4.74 Å². The van der Waals surface area contributed by atoms with Crippen LogP contribution in [0.1, 0.15) is 0 Å². The van der Waals surface area contributed by atoms with E-state index in [-0.39, 0.29) is 0 Å². The minimum Gasteiger partial charge on any atom is -0.457 e. The lowest BCUT2D eigenvalue weighted by molar-refractivity contribution is 0.482. The fraction of sp³-hybridized carbons (Fsp3) is 0.0270. The molecular weight excluding hydrogens is 549 g/mol. The number of benzene rings is 5. The van der Waals surface area contributed by atoms with Crippen molar-refractivity contribution in [3.05, 3.63) is 128 Å². The highest BCUT2D eigenvalue weighted by Gasteiger charge is 2.19. The molecular formula is C37H24N4OS. The number of ether oxygens (including phenoxy) is 1. The van der Waals surface area contributed by atoms with Crippen LogP contribution in [0.25, 0.3) is 70.2 Å². The van der Waals surface area contributed by atoms with E-state index in [0.29, 0.717) is 0 Å². The van der Waals surface area contributed by atoms with Crippen LogP contribution in [0.3, 0.4) is 0 Å². The van der Waals surface area contributed by atoms with Gasteiger partial charge in [0.15, 0.2) is 0 Å². The lowest BCUT2D eigenvalue weighted by atomic mass is 10.1. The second-order valence-corrected chi connectivity index (χ2v) is 11.8. The van der Waals surface area contributed by atoms with Crippen LogP contribution >= 0.6 is 11.3 Å². The fourth-order valence-corrected chi connectivity index (χ4v) is 7.40. The van der Waals surface area contributed by atoms with Crippen LogP contribution in [0.4, 0.5) is 0 Å². The second kappa shape index (κ2) is 9.28. The van der Waals surface area contributed by atoms with Crippen molar-refractivity contribution in [3.63, 3.8) is 0 Å². The van der Waals surface area contributed by atoms with Crippen molar-refractivity contribution in [2.24, 2.45) is 7.05 Å². The smallest absolute Gasteiger partial charge is 0.146 e. The number of hydrogen-bond donors (Lipinski definition) is 0. The summed E-state index contributed by atoms with van der Waals surface area (Å²) in [6.45, 7) is 0. The van der Waals surface area contributed by atoms with Gasteiger partial charge >= 0.3 is 0 Å². The topological polar surface area (TPSA) is 44.9 Å². The molecule has 0 aliphatic rings. The van der Waals surface area contributed by atoms with Crippen LogP contribution in [0.2, 0.25) is 0 Å². The fourth-order valence-electron chi connectivity index (χ4n) is 6.31. The maximum absolute atomic E-state index is 6.46. The number of aromatic nitrogens is 4. The van der Waals surface area contributed by atoms with E-state index in [1.807, 2.05) is 61.8 Å². The first kappa shape index (κ1) is 24.2. The molecule has 9 aromatic rings. The van der Waals surface area contributed by atoms with Crippen molar-refractivity contribution >= 4 is 64.5 Å². The molecule has 0 N–H and O–H groups in total. The zero-order chi connectivity index (χ0) is 28.5. The minimum absolute atomic E-state index is 0.757. The van der Waals surface area contributed by atoms with Gasteiger partial charge in [0.1, 0.15) is 23.0 Å². The van der Waals surface area contributed by atoms with E-state index in [0.717, 1.165) is 50.8 Å². The molecule has 9 rings (SSSR count). The number of nitrogens with zero attached hydrogens (tertiary/aromatic N) is 4. The number of imidazole rings is 1. The normalized spacial score (nSPS) is 11.8. The van der Waals surface area contributed by atoms with Crippen LogP contribution in [0, 0.1) is 0 Å². The van der Waals surface area contributed by atoms with Crippen molar-refractivity contribution in [2.75, 3.05) is 0 Å². The van der Waals surface area contributed by atoms with E-state index in [2.05, 4.69) is 81.9 Å². The molecule has 0 saturated carbocycles. The summed E-state index contributed by atoms with van der Waals surface area (Å²) in [6, 6.07) is 41.8. The predicted molar refractivity (Wildman–Crippen MR) is 178 cm³/mol. The van der Waals surface area contributed by atoms with Crippen LogP contribution in [-0.4, -0.2) is 19.1 Å². The van der Waals surface area contributed by atoms with Gasteiger partial charge in [-0.05, 0) is 48.5 Å². The molecule has 0 fully saturated rings. The highest BCUT2D eigenvalue weighted by Crippen LogP contribution is 2.42. The molecule has 6 heteroatoms. The monoisotopic (exact) mass is 572 g/mol. The molecule has 0 unspecified atom stereocenters. The molecule has 0 aliphatic carbocycles. The van der Waals surface area contributed by atoms with Crippen molar-refractivity contribution in [3.8, 4) is 28.6 Å². The molecule has 0 spiro atoms. The summed E-state index contributed by atoms with van der Waals surface area (Å²) < 4.78 is 13.3. The number of fused-ring (bicyclic) bond motifs is 8. The predicted octanol–water partition coefficient (Wildman–Crippen LogP) is 9.89. The van der Waals surface area contributed by atoms with Gasteiger partial charge in [-0.25, -0.2) is 9.97 Å². The van der Waals surface area contributed by atoms with E-state index in [4.69, 9.17) is 14.7 Å². The van der Waals surface area contributed by atoms with E-state index in [1.54, 1.807) is 11.3 Å². The van der Waals surface area contributed by atoms with E-state index < -0.39 is 0 Å². The second-order valence-electron chi connectivity index (χ2n) is 10.8. The average Bonchev–Trinajstić information content (AvgIpc) is 3.70. The standard InChI is InChI=1S/C37H24N4OS/c1-40-31-18-6-4-16-29(31)39-36(40)23-10-8-12-25(20-23)42-26-13-9-11-24(21-26)41-30-17-5-2-14-27(30)35-34-28-15-3-7-19-32(28)43-33(34)22-38-37(35)41/h2-22H,1H3. The Balaban J connectivity index is 1.16. The van der Waals surface area contributed by atoms with Gasteiger partial charge in [0.05, 0.1) is 26.9 Å². The van der Waals surface area contributed by atoms with Crippen molar-refractivity contribution < 1.29 is 4.74 Å². The first-order valence-corrected chi connectivity index (χ1v) is 15.0. The first-order chi connectivity index (χ1) is 21.2. The Hall–Kier alpha value is -5.46. The quantitative estimate of drug-likeness (QED) is 0.211. The van der Waals surface area contributed by atoms with Gasteiger partial charge in [-0.1, -0.05) is 66.7 Å². The molecule has 0 aliphatic heterocycles. The summed E-state index contributed by atoms with van der Waals surface area (Å²) in [5, 5.41) is 4.93. The van der Waals surface area contributed by atoms with Gasteiger partial charge in [0, 0.05) is 51.1 Å². The van der Waals surface area contributed by atoms with Crippen LogP contribution in [0.5, 0.6) is 11.5 Å². The average molecular weight is 573 g/mol. The van der Waals surface area contributed by atoms with Gasteiger partial charge in [0.25, 0.3) is 0 Å². The first-order valence-electron chi connectivity index (χ1n) is 14.2. The number of aryl methyl sites for hydroxylation is 1. The van der Waals surface area contributed by atoms with Crippen molar-refractivity contribution in [1.82, 2.24) is 19.1 Å². The number of pyridine rings is 1. The number of hydrogen-bond acceptors (Lipinski definition) is 4. The van der Waals surface area contributed by atoms with Gasteiger partial charge in [-0.2, -0.15) is 0 Å². The summed E-state index contributed by atoms with van der Waals surface area (Å²) in [6.07, 6.45) is 2.02. The molecule has 0 bridgehead atoms. The zero-order valence-corrected chi connectivity index (χ0v) is 24.0. The Bertz CT molecular complexity index is 2520. The van der Waals surface area contributed by atoms with Crippen molar-refractivity contribution in [1.29, 1.82) is 0 Å². The SMILES string of the molecule is Cn1c(-c2cccc(Oc3cccc(-n4c5ccccc5c5c6c(cnc54)sc4ccccc46)c3)c2)nc2ccccc21. The molecule has 4 heterocycles. The molecule has 4 aromatic heterocycles. The van der Waals surface area contributed by atoms with Gasteiger partial charge in [-0.15, -0.1) is 11.3 Å². The Morgan fingerprint density at radius 2 is 1.40 bits per heavy atom. The minimum atomic E-state index is 0.757. The maximum Gasteiger partial charge on any atom is 0.146 e. The molecule has 0 atom stereocenters. The van der Waals surface area contributed by atoms with E-state index >= 15 is 0 Å². The van der Waals surface area contributed by atoms with Crippen LogP contribution in [-0.2, 0) is 7.05 Å². The third-order valence-electron chi connectivity index (χ3n) is 8.22. The van der Waals surface area contributed by atoms with E-state index in [1.165, 1.54) is 30.9 Å². The number of thiophene rings is 1. The third kappa shape index (κ3) is 3.70. The molecule has 43 heavy (non-hydrogen) atoms. The van der Waals surface area contributed by atoms with Gasteiger partial charge < -0.3 is 9.30 Å². The summed E-state index contributed by atoms with van der Waals surface area (Å²) >= 11 is 1.80. The lowest BCUT2D eigenvalue weighted by Gasteiger charge is -2.11. The molecule has 5 aromatic carbocycles. The highest BCUT2D eigenvalue weighted by molar-refractivity contribution is 7.26. The lowest BCUT2D eigenvalue weighted by Crippen LogP contribution is -1.96. The Morgan fingerprint density at radius 3 is 2.28 bits per heavy atom. The third-order valence-corrected chi connectivity index (χ3v) is 9.32. The Morgan fingerprint density at radius 1 is 0.651 bits per heavy atom. The molecule has 5 nitrogen and oxygen atoms in total. The maximum atomic E-state index is 6.46. The summed E-state index contributed by atoms with van der Waals surface area (Å²) in [7, 11) is 2.05. The highest BCUT2D eigenvalue weighted by atomic mass is 32.1. The molecule has 0 radical (unpaired) electrons. The summed E-state index contributed by atoms with van der Waals surface area (Å²) in [5.74, 6) is 2.42. The summed E-state index contributed by atoms with van der Waals surface area (Å²) in [5.41, 5.74) is 6.15.